The maximum atomic E-state index is 11.7. The number of amides is 1. The summed E-state index contributed by atoms with van der Waals surface area (Å²) < 4.78 is 0. The highest BCUT2D eigenvalue weighted by Gasteiger charge is 2.14. The monoisotopic (exact) mass is 253 g/mol. The third-order valence-corrected chi connectivity index (χ3v) is 2.63. The summed E-state index contributed by atoms with van der Waals surface area (Å²) in [5, 5.41) is 3.16. The highest BCUT2D eigenvalue weighted by Crippen LogP contribution is 2.09. The summed E-state index contributed by atoms with van der Waals surface area (Å²) in [4.78, 5) is 23.2. The van der Waals surface area contributed by atoms with Gasteiger partial charge >= 0.3 is 0 Å². The summed E-state index contributed by atoms with van der Waals surface area (Å²) in [7, 11) is 0. The number of nitrogens with one attached hydrogen (secondary N) is 1. The number of hydrogen-bond donors (Lipinski definition) is 1. The molecule has 3 nitrogen and oxygen atoms in total. The predicted molar refractivity (Wildman–Crippen MR) is 68.3 cm³/mol. The molecule has 0 saturated heterocycles. The molecule has 0 aliphatic rings. The summed E-state index contributed by atoms with van der Waals surface area (Å²) in [6.07, 6.45) is 3.03. The molecule has 17 heavy (non-hydrogen) atoms. The molecule has 0 aromatic heterocycles. The van der Waals surface area contributed by atoms with E-state index < -0.39 is 11.7 Å². The molecule has 1 rings (SSSR count). The Kier molecular flexibility index (Phi) is 5.70. The second-order valence-corrected chi connectivity index (χ2v) is 4.24. The number of halogens is 1. The Balaban J connectivity index is 2.46. The van der Waals surface area contributed by atoms with Crippen molar-refractivity contribution in [3.8, 4) is 0 Å². The van der Waals surface area contributed by atoms with Crippen LogP contribution in [-0.2, 0) is 4.79 Å². The number of Topliss-reactive ketones (excluding diaryl/α,β-unsaturated/α-hetero) is 1. The minimum absolute atomic E-state index is 0.363. The van der Waals surface area contributed by atoms with Crippen molar-refractivity contribution in [2.24, 2.45) is 0 Å². The number of rotatable bonds is 6. The minimum Gasteiger partial charge on any atom is -0.349 e. The van der Waals surface area contributed by atoms with Gasteiger partial charge in [0.1, 0.15) is 0 Å². The SMILES string of the molecule is CCCCCNC(=O)C(=O)c1ccc(Cl)cc1. The van der Waals surface area contributed by atoms with E-state index >= 15 is 0 Å². The van der Waals surface area contributed by atoms with Gasteiger partial charge in [-0.05, 0) is 30.7 Å². The average molecular weight is 254 g/mol. The van der Waals surface area contributed by atoms with Gasteiger partial charge in [0.2, 0.25) is 5.78 Å². The van der Waals surface area contributed by atoms with Crippen LogP contribution >= 0.6 is 11.6 Å². The van der Waals surface area contributed by atoms with Gasteiger partial charge in [-0.2, -0.15) is 0 Å². The van der Waals surface area contributed by atoms with E-state index in [1.165, 1.54) is 0 Å². The quantitative estimate of drug-likeness (QED) is 0.481. The number of ketones is 1. The topological polar surface area (TPSA) is 46.2 Å². The van der Waals surface area contributed by atoms with Crippen molar-refractivity contribution >= 4 is 23.3 Å². The number of unbranched alkanes of at least 4 members (excludes halogenated alkanes) is 2. The summed E-state index contributed by atoms with van der Waals surface area (Å²) in [5.41, 5.74) is 0.363. The Labute approximate surface area is 106 Å². The Hall–Kier alpha value is -1.35. The fraction of sp³-hybridized carbons (Fsp3) is 0.385. The van der Waals surface area contributed by atoms with Crippen molar-refractivity contribution in [1.82, 2.24) is 5.32 Å². The Morgan fingerprint density at radius 3 is 2.41 bits per heavy atom. The van der Waals surface area contributed by atoms with Crippen LogP contribution in [0, 0.1) is 0 Å². The van der Waals surface area contributed by atoms with Gasteiger partial charge in [-0.25, -0.2) is 0 Å². The van der Waals surface area contributed by atoms with Gasteiger partial charge in [-0.15, -0.1) is 0 Å². The van der Waals surface area contributed by atoms with Crippen molar-refractivity contribution in [2.45, 2.75) is 26.2 Å². The van der Waals surface area contributed by atoms with Gasteiger partial charge in [-0.3, -0.25) is 9.59 Å². The van der Waals surface area contributed by atoms with Crippen molar-refractivity contribution in [2.75, 3.05) is 6.54 Å². The zero-order chi connectivity index (χ0) is 12.7. The first kappa shape index (κ1) is 13.7. The van der Waals surface area contributed by atoms with Crippen LogP contribution in [0.4, 0.5) is 0 Å². The second-order valence-electron chi connectivity index (χ2n) is 3.80. The van der Waals surface area contributed by atoms with Crippen LogP contribution in [0.3, 0.4) is 0 Å². The molecule has 0 saturated carbocycles. The molecule has 4 heteroatoms. The molecular weight excluding hydrogens is 238 g/mol. The first-order valence-electron chi connectivity index (χ1n) is 5.73. The normalized spacial score (nSPS) is 10.0. The maximum Gasteiger partial charge on any atom is 0.292 e. The van der Waals surface area contributed by atoms with E-state index in [9.17, 15) is 9.59 Å². The third-order valence-electron chi connectivity index (χ3n) is 2.38. The summed E-state index contributed by atoms with van der Waals surface area (Å²) in [6.45, 7) is 2.63. The van der Waals surface area contributed by atoms with E-state index in [4.69, 9.17) is 11.6 Å². The molecule has 1 aromatic rings. The molecule has 0 atom stereocenters. The van der Waals surface area contributed by atoms with Crippen LogP contribution in [0.5, 0.6) is 0 Å². The lowest BCUT2D eigenvalue weighted by atomic mass is 10.1. The van der Waals surface area contributed by atoms with Crippen LogP contribution in [0.15, 0.2) is 24.3 Å². The molecule has 1 amide bonds. The molecule has 0 spiro atoms. The first-order valence-corrected chi connectivity index (χ1v) is 6.11. The molecule has 0 heterocycles. The lowest BCUT2D eigenvalue weighted by Gasteiger charge is -2.03. The fourth-order valence-electron chi connectivity index (χ4n) is 1.39. The molecule has 0 radical (unpaired) electrons. The molecule has 0 fully saturated rings. The van der Waals surface area contributed by atoms with E-state index in [2.05, 4.69) is 12.2 Å². The Morgan fingerprint density at radius 2 is 1.82 bits per heavy atom. The van der Waals surface area contributed by atoms with E-state index in [1.54, 1.807) is 24.3 Å². The molecular formula is C13H16ClNO2. The van der Waals surface area contributed by atoms with Crippen molar-refractivity contribution in [3.63, 3.8) is 0 Å². The van der Waals surface area contributed by atoms with Gasteiger partial charge in [0.15, 0.2) is 0 Å². The van der Waals surface area contributed by atoms with Crippen molar-refractivity contribution in [3.05, 3.63) is 34.9 Å². The first-order chi connectivity index (χ1) is 8.15. The molecule has 0 aliphatic heterocycles. The van der Waals surface area contributed by atoms with E-state index in [1.807, 2.05) is 0 Å². The smallest absolute Gasteiger partial charge is 0.292 e. The average Bonchev–Trinajstić information content (AvgIpc) is 2.34. The van der Waals surface area contributed by atoms with Gasteiger partial charge in [0.25, 0.3) is 5.91 Å². The van der Waals surface area contributed by atoms with E-state index in [0.717, 1.165) is 19.3 Å². The van der Waals surface area contributed by atoms with Gasteiger partial charge in [0.05, 0.1) is 0 Å². The van der Waals surface area contributed by atoms with Crippen molar-refractivity contribution < 1.29 is 9.59 Å². The van der Waals surface area contributed by atoms with Gasteiger partial charge in [0, 0.05) is 17.1 Å². The maximum absolute atomic E-state index is 11.7. The molecule has 92 valence electrons. The number of hydrogen-bond acceptors (Lipinski definition) is 2. The van der Waals surface area contributed by atoms with Crippen LogP contribution in [-0.4, -0.2) is 18.2 Å². The highest BCUT2D eigenvalue weighted by atomic mass is 35.5. The minimum atomic E-state index is -0.552. The molecule has 0 unspecified atom stereocenters. The summed E-state index contributed by atoms with van der Waals surface area (Å²) in [5.74, 6) is -1.07. The third kappa shape index (κ3) is 4.57. The summed E-state index contributed by atoms with van der Waals surface area (Å²) >= 11 is 5.70. The largest absolute Gasteiger partial charge is 0.349 e. The number of carbonyl (C=O) groups excluding carboxylic acids is 2. The molecule has 1 aromatic carbocycles. The van der Waals surface area contributed by atoms with Gasteiger partial charge in [-0.1, -0.05) is 31.4 Å². The van der Waals surface area contributed by atoms with Crippen LogP contribution in [0.25, 0.3) is 0 Å². The number of carbonyl (C=O) groups is 2. The lowest BCUT2D eigenvalue weighted by molar-refractivity contribution is -0.117. The highest BCUT2D eigenvalue weighted by molar-refractivity contribution is 6.43. The van der Waals surface area contributed by atoms with Crippen LogP contribution < -0.4 is 5.32 Å². The van der Waals surface area contributed by atoms with Crippen LogP contribution in [0.1, 0.15) is 36.5 Å². The lowest BCUT2D eigenvalue weighted by Crippen LogP contribution is -2.31. The Bertz CT molecular complexity index is 387. The zero-order valence-corrected chi connectivity index (χ0v) is 10.6. The fourth-order valence-corrected chi connectivity index (χ4v) is 1.52. The van der Waals surface area contributed by atoms with E-state index in [-0.39, 0.29) is 0 Å². The van der Waals surface area contributed by atoms with Gasteiger partial charge < -0.3 is 5.32 Å². The molecule has 0 aliphatic carbocycles. The standard InChI is InChI=1S/C13H16ClNO2/c1-2-3-4-9-15-13(17)12(16)10-5-7-11(14)8-6-10/h5-8H,2-4,9H2,1H3,(H,15,17). The van der Waals surface area contributed by atoms with Crippen LogP contribution in [0.2, 0.25) is 5.02 Å². The second kappa shape index (κ2) is 7.07. The summed E-state index contributed by atoms with van der Waals surface area (Å²) in [6, 6.07) is 6.30. The number of benzene rings is 1. The van der Waals surface area contributed by atoms with E-state index in [0.29, 0.717) is 17.1 Å². The zero-order valence-electron chi connectivity index (χ0n) is 9.83. The predicted octanol–water partition coefficient (Wildman–Crippen LogP) is 2.83. The van der Waals surface area contributed by atoms with Crippen molar-refractivity contribution in [1.29, 1.82) is 0 Å². The molecule has 1 N–H and O–H groups in total. The molecule has 0 bridgehead atoms. The Morgan fingerprint density at radius 1 is 1.18 bits per heavy atom.